The van der Waals surface area contributed by atoms with Crippen molar-refractivity contribution in [2.75, 3.05) is 18.8 Å². The maximum Gasteiger partial charge on any atom is 0.185 e. The lowest BCUT2D eigenvalue weighted by atomic mass is 9.98. The van der Waals surface area contributed by atoms with E-state index in [1.165, 1.54) is 0 Å². The number of aromatic nitrogens is 8. The monoisotopic (exact) mass is 662 g/mol. The van der Waals surface area contributed by atoms with E-state index in [2.05, 4.69) is 75.3 Å². The number of thioether (sulfide) groups is 1. The Hall–Kier alpha value is -4.45. The number of fused-ring (bicyclic) bond motifs is 1. The third-order valence-corrected chi connectivity index (χ3v) is 8.82. The molecule has 0 aliphatic rings. The molecule has 6 rings (SSSR count). The number of pyridine rings is 2. The number of hydrogen-bond acceptors (Lipinski definition) is 9. The van der Waals surface area contributed by atoms with Gasteiger partial charge in [-0.3, -0.25) is 4.98 Å². The first-order chi connectivity index (χ1) is 23.5. The summed E-state index contributed by atoms with van der Waals surface area (Å²) in [4.78, 5) is 15.1. The topological polar surface area (TPSA) is 106 Å². The van der Waals surface area contributed by atoms with E-state index in [1.54, 1.807) is 16.4 Å². The van der Waals surface area contributed by atoms with Gasteiger partial charge in [0.25, 0.3) is 0 Å². The highest BCUT2D eigenvalue weighted by Gasteiger charge is 2.22. The van der Waals surface area contributed by atoms with E-state index in [0.717, 1.165) is 81.0 Å². The van der Waals surface area contributed by atoms with Gasteiger partial charge in [-0.25, -0.2) is 9.97 Å². The molecular weight excluding hydrogens is 621 g/mol. The Morgan fingerprint density at radius 1 is 0.938 bits per heavy atom. The molecule has 10 nitrogen and oxygen atoms in total. The van der Waals surface area contributed by atoms with Crippen molar-refractivity contribution in [3.63, 3.8) is 0 Å². The fourth-order valence-corrected chi connectivity index (χ4v) is 6.32. The highest BCUT2D eigenvalue weighted by Crippen LogP contribution is 2.34. The van der Waals surface area contributed by atoms with Crippen LogP contribution < -0.4 is 0 Å². The molecule has 1 atom stereocenters. The third-order valence-electron chi connectivity index (χ3n) is 8.41. The quantitative estimate of drug-likeness (QED) is 0.0801. The van der Waals surface area contributed by atoms with Gasteiger partial charge in [0.15, 0.2) is 17.7 Å². The van der Waals surface area contributed by atoms with Crippen LogP contribution in [0.5, 0.6) is 0 Å². The molecular formula is C37H42N8O2S. The summed E-state index contributed by atoms with van der Waals surface area (Å²) in [6, 6.07) is 22.9. The molecule has 0 saturated heterocycles. The molecule has 0 fully saturated rings. The van der Waals surface area contributed by atoms with E-state index in [1.807, 2.05) is 56.6 Å². The molecule has 0 aliphatic heterocycles. The first kappa shape index (κ1) is 33.5. The van der Waals surface area contributed by atoms with E-state index in [4.69, 9.17) is 19.4 Å². The van der Waals surface area contributed by atoms with Gasteiger partial charge in [-0.1, -0.05) is 67.9 Å². The van der Waals surface area contributed by atoms with Crippen LogP contribution >= 0.6 is 11.8 Å². The molecule has 6 aromatic rings. The summed E-state index contributed by atoms with van der Waals surface area (Å²) in [5.41, 5.74) is 9.88. The second kappa shape index (κ2) is 15.6. The lowest BCUT2D eigenvalue weighted by Gasteiger charge is -2.15. The Kier molecular flexibility index (Phi) is 10.9. The van der Waals surface area contributed by atoms with Crippen molar-refractivity contribution in [1.82, 2.24) is 39.7 Å². The highest BCUT2D eigenvalue weighted by molar-refractivity contribution is 7.98. The van der Waals surface area contributed by atoms with Crippen LogP contribution in [0.3, 0.4) is 0 Å². The van der Waals surface area contributed by atoms with Gasteiger partial charge in [0.05, 0.1) is 30.5 Å². The minimum absolute atomic E-state index is 0.280. The van der Waals surface area contributed by atoms with Crippen LogP contribution in [0.2, 0.25) is 0 Å². The first-order valence-corrected chi connectivity index (χ1v) is 17.9. The van der Waals surface area contributed by atoms with Crippen molar-refractivity contribution in [2.45, 2.75) is 66.3 Å². The lowest BCUT2D eigenvalue weighted by molar-refractivity contribution is 0.0159. The number of rotatable bonds is 15. The number of unbranched alkanes of at least 4 members (excludes halogenated alkanes) is 1. The number of imidazole rings is 1. The van der Waals surface area contributed by atoms with Crippen LogP contribution in [0, 0.1) is 6.92 Å². The molecule has 48 heavy (non-hydrogen) atoms. The number of aryl methyl sites for hydroxylation is 2. The summed E-state index contributed by atoms with van der Waals surface area (Å²) in [5, 5.41) is 12.5. The summed E-state index contributed by atoms with van der Waals surface area (Å²) < 4.78 is 15.8. The van der Waals surface area contributed by atoms with Crippen molar-refractivity contribution < 1.29 is 9.47 Å². The van der Waals surface area contributed by atoms with Gasteiger partial charge in [-0.15, -0.1) is 16.9 Å². The molecule has 0 spiro atoms. The van der Waals surface area contributed by atoms with Crippen molar-refractivity contribution in [1.29, 1.82) is 0 Å². The molecule has 0 N–H and O–H groups in total. The van der Waals surface area contributed by atoms with E-state index < -0.39 is 0 Å². The van der Waals surface area contributed by atoms with Gasteiger partial charge in [-0.05, 0) is 78.3 Å². The SMILES string of the molecule is CCCCc1nc2c(C)c(-c3ccccn3)c(COCSC)nc2n1Cc1ccc(-c2ccccc2-c2nnnn2C(C)OCC)cc1. The molecule has 2 aromatic carbocycles. The Labute approximate surface area is 285 Å². The van der Waals surface area contributed by atoms with Crippen molar-refractivity contribution >= 4 is 22.9 Å². The maximum atomic E-state index is 6.01. The van der Waals surface area contributed by atoms with Crippen LogP contribution in [0.1, 0.15) is 62.5 Å². The first-order valence-electron chi connectivity index (χ1n) is 16.5. The molecule has 4 heterocycles. The molecule has 0 radical (unpaired) electrons. The molecule has 1 unspecified atom stereocenters. The van der Waals surface area contributed by atoms with Crippen molar-refractivity contribution in [3.8, 4) is 33.8 Å². The summed E-state index contributed by atoms with van der Waals surface area (Å²) >= 11 is 1.65. The average Bonchev–Trinajstić information content (AvgIpc) is 3.74. The Morgan fingerprint density at radius 3 is 2.46 bits per heavy atom. The molecule has 0 bridgehead atoms. The average molecular weight is 663 g/mol. The fraction of sp³-hybridized carbons (Fsp3) is 0.351. The second-order valence-electron chi connectivity index (χ2n) is 11.7. The Balaban J connectivity index is 1.38. The number of tetrazole rings is 1. The van der Waals surface area contributed by atoms with Crippen LogP contribution in [0.4, 0.5) is 0 Å². The molecule has 11 heteroatoms. The highest BCUT2D eigenvalue weighted by atomic mass is 32.2. The lowest BCUT2D eigenvalue weighted by Crippen LogP contribution is -2.12. The smallest absolute Gasteiger partial charge is 0.185 e. The second-order valence-corrected chi connectivity index (χ2v) is 12.5. The fourth-order valence-electron chi connectivity index (χ4n) is 6.07. The standard InChI is InChI=1S/C37H42N8O2S/c1-6-8-16-33-40-35-25(3)34(31-15-11-12-21-38-31)32(23-46-24-48-5)39-37(35)44(33)22-27-17-19-28(20-18-27)29-13-9-10-14-30(29)36-41-42-43-45(36)26(4)47-7-2/h9-15,17-21,26H,6-8,16,22-24H2,1-5H3. The number of benzene rings is 2. The van der Waals surface area contributed by atoms with Gasteiger partial charge in [-0.2, -0.15) is 4.68 Å². The van der Waals surface area contributed by atoms with Gasteiger partial charge >= 0.3 is 0 Å². The summed E-state index contributed by atoms with van der Waals surface area (Å²) in [7, 11) is 0. The van der Waals surface area contributed by atoms with E-state index in [9.17, 15) is 0 Å². The summed E-state index contributed by atoms with van der Waals surface area (Å²) in [6.45, 7) is 9.89. The van der Waals surface area contributed by atoms with Crippen LogP contribution in [-0.4, -0.2) is 58.5 Å². The molecule has 248 valence electrons. The van der Waals surface area contributed by atoms with Gasteiger partial charge in [0, 0.05) is 30.4 Å². The summed E-state index contributed by atoms with van der Waals surface area (Å²) in [5.74, 6) is 2.31. The zero-order valence-electron chi connectivity index (χ0n) is 28.3. The largest absolute Gasteiger partial charge is 0.365 e. The van der Waals surface area contributed by atoms with E-state index in [-0.39, 0.29) is 6.23 Å². The predicted octanol–water partition coefficient (Wildman–Crippen LogP) is 7.91. The molecule has 0 amide bonds. The van der Waals surface area contributed by atoms with E-state index in [0.29, 0.717) is 31.5 Å². The van der Waals surface area contributed by atoms with Crippen molar-refractivity contribution in [3.05, 3.63) is 95.6 Å². The van der Waals surface area contributed by atoms with Gasteiger partial charge < -0.3 is 14.0 Å². The van der Waals surface area contributed by atoms with Crippen LogP contribution in [0.15, 0.2) is 72.9 Å². The normalized spacial score (nSPS) is 12.2. The van der Waals surface area contributed by atoms with E-state index >= 15 is 0 Å². The van der Waals surface area contributed by atoms with Crippen LogP contribution in [0.25, 0.3) is 44.9 Å². The minimum atomic E-state index is -0.280. The zero-order chi connectivity index (χ0) is 33.5. The Morgan fingerprint density at radius 2 is 1.73 bits per heavy atom. The number of nitrogens with zero attached hydrogens (tertiary/aromatic N) is 8. The molecule has 4 aromatic heterocycles. The minimum Gasteiger partial charge on any atom is -0.365 e. The molecule has 0 saturated carbocycles. The van der Waals surface area contributed by atoms with Gasteiger partial charge in [0.2, 0.25) is 0 Å². The molecule has 0 aliphatic carbocycles. The van der Waals surface area contributed by atoms with Crippen molar-refractivity contribution in [2.24, 2.45) is 0 Å². The number of hydrogen-bond donors (Lipinski definition) is 0. The Bertz CT molecular complexity index is 1960. The predicted molar refractivity (Wildman–Crippen MR) is 191 cm³/mol. The summed E-state index contributed by atoms with van der Waals surface area (Å²) in [6.07, 6.45) is 6.59. The zero-order valence-corrected chi connectivity index (χ0v) is 29.1. The van der Waals surface area contributed by atoms with Crippen LogP contribution in [-0.2, 0) is 29.0 Å². The maximum absolute atomic E-state index is 6.01. The van der Waals surface area contributed by atoms with Gasteiger partial charge in [0.1, 0.15) is 11.3 Å². The third kappa shape index (κ3) is 7.03. The number of ether oxygens (including phenoxy) is 2.